The van der Waals surface area contributed by atoms with Crippen LogP contribution in [-0.4, -0.2) is 26.3 Å². The van der Waals surface area contributed by atoms with E-state index >= 15 is 0 Å². The van der Waals surface area contributed by atoms with Crippen LogP contribution >= 0.6 is 0 Å². The first kappa shape index (κ1) is 12.1. The first-order valence-corrected chi connectivity index (χ1v) is 7.75. The van der Waals surface area contributed by atoms with Crippen LogP contribution in [0, 0.1) is 5.41 Å². The first-order valence-electron chi connectivity index (χ1n) is 6.03. The van der Waals surface area contributed by atoms with Gasteiger partial charge in [-0.15, -0.1) is 0 Å². The lowest BCUT2D eigenvalue weighted by Gasteiger charge is -2.35. The van der Waals surface area contributed by atoms with Crippen LogP contribution in [0.1, 0.15) is 39.5 Å². The first-order chi connectivity index (χ1) is 7.36. The molecule has 0 spiro atoms. The molecule has 2 aliphatic rings. The molecule has 0 amide bonds. The summed E-state index contributed by atoms with van der Waals surface area (Å²) in [6.45, 7) is 4.62. The zero-order valence-electron chi connectivity index (χ0n) is 10.1. The third-order valence-electron chi connectivity index (χ3n) is 3.72. The third kappa shape index (κ3) is 3.08. The molecule has 1 heterocycles. The Morgan fingerprint density at radius 3 is 2.38 bits per heavy atom. The van der Waals surface area contributed by atoms with Crippen LogP contribution < -0.4 is 5.32 Å². The third-order valence-corrected chi connectivity index (χ3v) is 5.11. The van der Waals surface area contributed by atoms with Gasteiger partial charge in [-0.25, -0.2) is 8.42 Å². The molecule has 92 valence electrons. The fraction of sp³-hybridized carbons (Fsp3) is 0.833. The molecule has 0 radical (unpaired) electrons. The standard InChI is InChI=1S/C12H21NO2S/c1-12(2)6-3-10(4-7-12)13-11-5-8-16(14,15)9-11/h5,8,10-11,13H,3-4,6-7,9H2,1-2H3. The molecule has 1 unspecified atom stereocenters. The van der Waals surface area contributed by atoms with Gasteiger partial charge in [0.1, 0.15) is 0 Å². The second-order valence-electron chi connectivity index (χ2n) is 5.87. The Morgan fingerprint density at radius 1 is 1.25 bits per heavy atom. The molecule has 1 N–H and O–H groups in total. The van der Waals surface area contributed by atoms with Crippen molar-refractivity contribution >= 4 is 9.84 Å². The Hall–Kier alpha value is -0.350. The monoisotopic (exact) mass is 243 g/mol. The van der Waals surface area contributed by atoms with Crippen LogP contribution in [-0.2, 0) is 9.84 Å². The summed E-state index contributed by atoms with van der Waals surface area (Å²) >= 11 is 0. The summed E-state index contributed by atoms with van der Waals surface area (Å²) in [7, 11) is -2.91. The van der Waals surface area contributed by atoms with Gasteiger partial charge in [0.15, 0.2) is 9.84 Å². The van der Waals surface area contributed by atoms with Gasteiger partial charge in [0.2, 0.25) is 0 Å². The summed E-state index contributed by atoms with van der Waals surface area (Å²) in [4.78, 5) is 0. The van der Waals surface area contributed by atoms with Gasteiger partial charge < -0.3 is 5.32 Å². The van der Waals surface area contributed by atoms with E-state index in [2.05, 4.69) is 19.2 Å². The highest BCUT2D eigenvalue weighted by molar-refractivity contribution is 7.94. The van der Waals surface area contributed by atoms with E-state index in [0.717, 1.165) is 12.8 Å². The van der Waals surface area contributed by atoms with Gasteiger partial charge in [-0.3, -0.25) is 0 Å². The minimum Gasteiger partial charge on any atom is -0.307 e. The molecule has 1 saturated carbocycles. The Balaban J connectivity index is 1.83. The lowest BCUT2D eigenvalue weighted by molar-refractivity contribution is 0.204. The molecular weight excluding hydrogens is 222 g/mol. The van der Waals surface area contributed by atoms with Crippen molar-refractivity contribution in [1.82, 2.24) is 5.32 Å². The zero-order valence-corrected chi connectivity index (χ0v) is 10.9. The number of hydrogen-bond acceptors (Lipinski definition) is 3. The Labute approximate surface area is 98.2 Å². The Bertz CT molecular complexity index is 374. The molecule has 0 aromatic rings. The van der Waals surface area contributed by atoms with E-state index in [1.165, 1.54) is 18.2 Å². The molecule has 0 aromatic carbocycles. The maximum absolute atomic E-state index is 11.3. The highest BCUT2D eigenvalue weighted by Crippen LogP contribution is 2.35. The maximum Gasteiger partial charge on any atom is 0.173 e. The minimum atomic E-state index is -2.91. The maximum atomic E-state index is 11.3. The highest BCUT2D eigenvalue weighted by atomic mass is 32.2. The molecule has 0 aromatic heterocycles. The molecule has 0 saturated heterocycles. The quantitative estimate of drug-likeness (QED) is 0.805. The van der Waals surface area contributed by atoms with Crippen LogP contribution in [0.15, 0.2) is 11.5 Å². The zero-order chi connectivity index (χ0) is 11.8. The van der Waals surface area contributed by atoms with Crippen molar-refractivity contribution in [3.63, 3.8) is 0 Å². The smallest absolute Gasteiger partial charge is 0.173 e. The van der Waals surface area contributed by atoms with Crippen molar-refractivity contribution in [3.05, 3.63) is 11.5 Å². The number of rotatable bonds is 2. The second-order valence-corrected chi connectivity index (χ2v) is 7.80. The summed E-state index contributed by atoms with van der Waals surface area (Å²) in [5, 5.41) is 4.79. The molecule has 1 atom stereocenters. The average Bonchev–Trinajstić information content (AvgIpc) is 2.50. The van der Waals surface area contributed by atoms with E-state index in [9.17, 15) is 8.42 Å². The van der Waals surface area contributed by atoms with Gasteiger partial charge in [0, 0.05) is 17.5 Å². The van der Waals surface area contributed by atoms with Crippen LogP contribution in [0.25, 0.3) is 0 Å². The van der Waals surface area contributed by atoms with Crippen molar-refractivity contribution in [2.45, 2.75) is 51.6 Å². The molecule has 4 heteroatoms. The summed E-state index contributed by atoms with van der Waals surface area (Å²) < 4.78 is 22.5. The summed E-state index contributed by atoms with van der Waals surface area (Å²) in [6, 6.07) is 0.534. The predicted octanol–water partition coefficient (Wildman–Crippen LogP) is 1.86. The second kappa shape index (κ2) is 4.15. The minimum absolute atomic E-state index is 0.0382. The number of nitrogens with one attached hydrogen (secondary N) is 1. The Kier molecular flexibility index (Phi) is 3.14. The highest BCUT2D eigenvalue weighted by Gasteiger charge is 2.29. The van der Waals surface area contributed by atoms with Gasteiger partial charge in [-0.05, 0) is 31.1 Å². The van der Waals surface area contributed by atoms with E-state index in [0.29, 0.717) is 11.5 Å². The largest absolute Gasteiger partial charge is 0.307 e. The van der Waals surface area contributed by atoms with Gasteiger partial charge >= 0.3 is 0 Å². The van der Waals surface area contributed by atoms with Crippen LogP contribution in [0.4, 0.5) is 0 Å². The van der Waals surface area contributed by atoms with Crippen LogP contribution in [0.2, 0.25) is 0 Å². The average molecular weight is 243 g/mol. The molecule has 1 aliphatic heterocycles. The number of hydrogen-bond donors (Lipinski definition) is 1. The predicted molar refractivity (Wildman–Crippen MR) is 65.9 cm³/mol. The van der Waals surface area contributed by atoms with Gasteiger partial charge in [-0.1, -0.05) is 19.9 Å². The summed E-state index contributed by atoms with van der Waals surface area (Å²) in [5.74, 6) is 0.243. The fourth-order valence-electron chi connectivity index (χ4n) is 2.55. The van der Waals surface area contributed by atoms with Gasteiger partial charge in [0.25, 0.3) is 0 Å². The number of sulfone groups is 1. The van der Waals surface area contributed by atoms with E-state index in [1.807, 2.05) is 0 Å². The van der Waals surface area contributed by atoms with Crippen molar-refractivity contribution < 1.29 is 8.42 Å². The van der Waals surface area contributed by atoms with E-state index < -0.39 is 9.84 Å². The van der Waals surface area contributed by atoms with Crippen molar-refractivity contribution in [3.8, 4) is 0 Å². The van der Waals surface area contributed by atoms with E-state index in [1.54, 1.807) is 6.08 Å². The lowest BCUT2D eigenvalue weighted by Crippen LogP contribution is -2.42. The Morgan fingerprint density at radius 2 is 1.88 bits per heavy atom. The van der Waals surface area contributed by atoms with Gasteiger partial charge in [0.05, 0.1) is 5.75 Å². The summed E-state index contributed by atoms with van der Waals surface area (Å²) in [6.07, 6.45) is 6.57. The molecule has 3 nitrogen and oxygen atoms in total. The lowest BCUT2D eigenvalue weighted by atomic mass is 9.75. The molecule has 0 bridgehead atoms. The van der Waals surface area contributed by atoms with E-state index in [4.69, 9.17) is 0 Å². The SMILES string of the molecule is CC1(C)CCC(NC2C=CS(=O)(=O)C2)CC1. The molecule has 2 rings (SSSR count). The summed E-state index contributed by atoms with van der Waals surface area (Å²) in [5.41, 5.74) is 0.468. The van der Waals surface area contributed by atoms with Crippen molar-refractivity contribution in [2.75, 3.05) is 5.75 Å². The normalized spacial score (nSPS) is 33.0. The van der Waals surface area contributed by atoms with Crippen molar-refractivity contribution in [1.29, 1.82) is 0 Å². The van der Waals surface area contributed by atoms with Crippen LogP contribution in [0.5, 0.6) is 0 Å². The van der Waals surface area contributed by atoms with Gasteiger partial charge in [-0.2, -0.15) is 0 Å². The topological polar surface area (TPSA) is 46.2 Å². The van der Waals surface area contributed by atoms with E-state index in [-0.39, 0.29) is 11.8 Å². The fourth-order valence-corrected chi connectivity index (χ4v) is 3.80. The van der Waals surface area contributed by atoms with Crippen LogP contribution in [0.3, 0.4) is 0 Å². The molecule has 1 aliphatic carbocycles. The molecular formula is C12H21NO2S. The molecule has 16 heavy (non-hydrogen) atoms. The van der Waals surface area contributed by atoms with Crippen molar-refractivity contribution in [2.24, 2.45) is 5.41 Å². The molecule has 1 fully saturated rings.